The topological polar surface area (TPSA) is 26.3 Å². The molecule has 2 atom stereocenters. The second-order valence-corrected chi connectivity index (χ2v) is 5.56. The van der Waals surface area contributed by atoms with Crippen LogP contribution in [-0.4, -0.2) is 17.8 Å². The molecule has 0 amide bonds. The second-order valence-electron chi connectivity index (χ2n) is 4.32. The summed E-state index contributed by atoms with van der Waals surface area (Å²) in [6, 6.07) is 6.30. The SMILES string of the molecule is CCOC(=O)C1CC2C=Cc3cccc(c32)S1. The lowest BCUT2D eigenvalue weighted by atomic mass is 9.95. The molecule has 0 aromatic heterocycles. The molecule has 2 nitrogen and oxygen atoms in total. The lowest BCUT2D eigenvalue weighted by molar-refractivity contribution is -0.142. The molecule has 1 heterocycles. The number of carbonyl (C=O) groups excluding carboxylic acids is 1. The number of esters is 1. The van der Waals surface area contributed by atoms with Crippen molar-refractivity contribution in [3.63, 3.8) is 0 Å². The van der Waals surface area contributed by atoms with Crippen LogP contribution in [0, 0.1) is 0 Å². The van der Waals surface area contributed by atoms with Crippen molar-refractivity contribution < 1.29 is 9.53 Å². The molecule has 3 heteroatoms. The molecule has 0 radical (unpaired) electrons. The number of allylic oxidation sites excluding steroid dienone is 1. The van der Waals surface area contributed by atoms with Gasteiger partial charge in [-0.25, -0.2) is 0 Å². The Balaban J connectivity index is 1.91. The van der Waals surface area contributed by atoms with Gasteiger partial charge in [0.25, 0.3) is 0 Å². The summed E-state index contributed by atoms with van der Waals surface area (Å²) < 4.78 is 5.12. The molecule has 0 fully saturated rings. The fraction of sp³-hybridized carbons (Fsp3) is 0.357. The molecular weight excluding hydrogens is 232 g/mol. The second kappa shape index (κ2) is 4.22. The number of carbonyl (C=O) groups is 1. The molecule has 0 saturated carbocycles. The summed E-state index contributed by atoms with van der Waals surface area (Å²) in [4.78, 5) is 13.1. The van der Waals surface area contributed by atoms with Crippen molar-refractivity contribution >= 4 is 23.8 Å². The number of benzene rings is 1. The third-order valence-corrected chi connectivity index (χ3v) is 4.54. The van der Waals surface area contributed by atoms with Crippen molar-refractivity contribution in [3.05, 3.63) is 35.4 Å². The molecule has 17 heavy (non-hydrogen) atoms. The van der Waals surface area contributed by atoms with Gasteiger partial charge in [0.1, 0.15) is 5.25 Å². The maximum Gasteiger partial charge on any atom is 0.319 e. The van der Waals surface area contributed by atoms with Crippen LogP contribution >= 0.6 is 11.8 Å². The summed E-state index contributed by atoms with van der Waals surface area (Å²) in [5.74, 6) is 0.325. The van der Waals surface area contributed by atoms with E-state index in [0.717, 1.165) is 6.42 Å². The normalized spacial score (nSPS) is 24.5. The zero-order valence-corrected chi connectivity index (χ0v) is 10.5. The highest BCUT2D eigenvalue weighted by Gasteiger charge is 2.34. The van der Waals surface area contributed by atoms with Gasteiger partial charge in [-0.3, -0.25) is 4.79 Å². The van der Waals surface area contributed by atoms with E-state index in [2.05, 4.69) is 30.4 Å². The Hall–Kier alpha value is -1.22. The van der Waals surface area contributed by atoms with Crippen LogP contribution in [0.15, 0.2) is 29.2 Å². The Bertz CT molecular complexity index is 493. The van der Waals surface area contributed by atoms with Crippen molar-refractivity contribution in [2.24, 2.45) is 0 Å². The van der Waals surface area contributed by atoms with Crippen LogP contribution in [0.3, 0.4) is 0 Å². The Morgan fingerprint density at radius 1 is 1.53 bits per heavy atom. The molecule has 88 valence electrons. The third-order valence-electron chi connectivity index (χ3n) is 3.27. The predicted octanol–water partition coefficient (Wildman–Crippen LogP) is 3.22. The quantitative estimate of drug-likeness (QED) is 0.749. The largest absolute Gasteiger partial charge is 0.465 e. The predicted molar refractivity (Wildman–Crippen MR) is 69.1 cm³/mol. The molecule has 1 aliphatic heterocycles. The van der Waals surface area contributed by atoms with Crippen molar-refractivity contribution in [1.82, 2.24) is 0 Å². The summed E-state index contributed by atoms with van der Waals surface area (Å²) in [5.41, 5.74) is 2.71. The van der Waals surface area contributed by atoms with Gasteiger partial charge < -0.3 is 4.74 Å². The van der Waals surface area contributed by atoms with Crippen molar-refractivity contribution in [3.8, 4) is 0 Å². The molecule has 1 aliphatic carbocycles. The number of ether oxygens (including phenoxy) is 1. The van der Waals surface area contributed by atoms with Gasteiger partial charge >= 0.3 is 5.97 Å². The van der Waals surface area contributed by atoms with Crippen LogP contribution in [-0.2, 0) is 9.53 Å². The van der Waals surface area contributed by atoms with Gasteiger partial charge in [0.05, 0.1) is 6.61 Å². The average Bonchev–Trinajstić information content (AvgIpc) is 2.75. The van der Waals surface area contributed by atoms with Gasteiger partial charge in [-0.15, -0.1) is 11.8 Å². The first-order chi connectivity index (χ1) is 8.29. The first-order valence-electron chi connectivity index (χ1n) is 5.94. The molecule has 0 bridgehead atoms. The van der Waals surface area contributed by atoms with E-state index in [9.17, 15) is 4.79 Å². The van der Waals surface area contributed by atoms with Crippen molar-refractivity contribution in [1.29, 1.82) is 0 Å². The number of hydrogen-bond acceptors (Lipinski definition) is 3. The highest BCUT2D eigenvalue weighted by molar-refractivity contribution is 8.00. The molecule has 2 aliphatic rings. The zero-order valence-electron chi connectivity index (χ0n) is 9.68. The van der Waals surface area contributed by atoms with E-state index in [4.69, 9.17) is 4.74 Å². The highest BCUT2D eigenvalue weighted by atomic mass is 32.2. The monoisotopic (exact) mass is 246 g/mol. The van der Waals surface area contributed by atoms with E-state index in [1.54, 1.807) is 11.8 Å². The van der Waals surface area contributed by atoms with Crippen LogP contribution < -0.4 is 0 Å². The summed E-state index contributed by atoms with van der Waals surface area (Å²) in [6.45, 7) is 2.32. The van der Waals surface area contributed by atoms with Crippen molar-refractivity contribution in [2.45, 2.75) is 29.4 Å². The maximum absolute atomic E-state index is 11.8. The Labute approximate surface area is 105 Å². The smallest absolute Gasteiger partial charge is 0.319 e. The standard InChI is InChI=1S/C14H14O2S/c1-2-16-14(15)12-8-10-7-6-9-4-3-5-11(17-12)13(9)10/h3-7,10,12H,2,8H2,1H3. The lowest BCUT2D eigenvalue weighted by Gasteiger charge is -2.26. The maximum atomic E-state index is 11.8. The van der Waals surface area contributed by atoms with Gasteiger partial charge in [-0.1, -0.05) is 24.3 Å². The zero-order chi connectivity index (χ0) is 11.8. The first kappa shape index (κ1) is 10.9. The van der Waals surface area contributed by atoms with E-state index in [-0.39, 0.29) is 11.2 Å². The van der Waals surface area contributed by atoms with Gasteiger partial charge in [-0.2, -0.15) is 0 Å². The van der Waals surface area contributed by atoms with Crippen LogP contribution in [0.1, 0.15) is 30.4 Å². The average molecular weight is 246 g/mol. The minimum atomic E-state index is -0.0751. The number of hydrogen-bond donors (Lipinski definition) is 0. The summed E-state index contributed by atoms with van der Waals surface area (Å²) >= 11 is 1.65. The van der Waals surface area contributed by atoms with E-state index in [1.165, 1.54) is 16.0 Å². The van der Waals surface area contributed by atoms with E-state index in [1.807, 2.05) is 6.92 Å². The molecule has 2 unspecified atom stereocenters. The van der Waals surface area contributed by atoms with Gasteiger partial charge in [0.2, 0.25) is 0 Å². The van der Waals surface area contributed by atoms with Gasteiger partial charge in [0.15, 0.2) is 0 Å². The fourth-order valence-electron chi connectivity index (χ4n) is 2.53. The number of rotatable bonds is 2. The van der Waals surface area contributed by atoms with Crippen LogP contribution in [0.4, 0.5) is 0 Å². The molecule has 0 saturated heterocycles. The van der Waals surface area contributed by atoms with Gasteiger partial charge in [0, 0.05) is 10.8 Å². The minimum absolute atomic E-state index is 0.0505. The Kier molecular flexibility index (Phi) is 2.71. The van der Waals surface area contributed by atoms with Crippen LogP contribution in [0.25, 0.3) is 6.08 Å². The third kappa shape index (κ3) is 1.78. The van der Waals surface area contributed by atoms with E-state index >= 15 is 0 Å². The molecule has 1 aromatic carbocycles. The molecular formula is C14H14O2S. The highest BCUT2D eigenvalue weighted by Crippen LogP contribution is 2.47. The fourth-order valence-corrected chi connectivity index (χ4v) is 3.86. The lowest BCUT2D eigenvalue weighted by Crippen LogP contribution is -2.25. The Morgan fingerprint density at radius 3 is 3.24 bits per heavy atom. The molecule has 3 rings (SSSR count). The molecule has 0 N–H and O–H groups in total. The summed E-state index contributed by atoms with van der Waals surface area (Å²) in [5, 5.41) is -0.0505. The van der Waals surface area contributed by atoms with Crippen LogP contribution in [0.2, 0.25) is 0 Å². The summed E-state index contributed by atoms with van der Waals surface area (Å²) in [6.07, 6.45) is 5.24. The first-order valence-corrected chi connectivity index (χ1v) is 6.82. The minimum Gasteiger partial charge on any atom is -0.465 e. The van der Waals surface area contributed by atoms with Gasteiger partial charge in [-0.05, 0) is 30.5 Å². The van der Waals surface area contributed by atoms with E-state index in [0.29, 0.717) is 12.5 Å². The summed E-state index contributed by atoms with van der Waals surface area (Å²) in [7, 11) is 0. The van der Waals surface area contributed by atoms with E-state index < -0.39 is 0 Å². The van der Waals surface area contributed by atoms with Crippen molar-refractivity contribution in [2.75, 3.05) is 6.61 Å². The molecule has 0 spiro atoms. The van der Waals surface area contributed by atoms with Crippen LogP contribution in [0.5, 0.6) is 0 Å². The Morgan fingerprint density at radius 2 is 2.41 bits per heavy atom. The number of thioether (sulfide) groups is 1. The molecule has 1 aromatic rings.